The second kappa shape index (κ2) is 6.58. The van der Waals surface area contributed by atoms with E-state index in [9.17, 15) is 0 Å². The van der Waals surface area contributed by atoms with Crippen LogP contribution in [0.3, 0.4) is 0 Å². The van der Waals surface area contributed by atoms with Crippen LogP contribution < -0.4 is 5.32 Å². The molecular weight excluding hydrogens is 198 g/mol. The molecule has 1 aliphatic heterocycles. The van der Waals surface area contributed by atoms with Crippen molar-refractivity contribution in [1.29, 1.82) is 0 Å². The number of hydrogen-bond acceptors (Lipinski definition) is 3. The lowest BCUT2D eigenvalue weighted by molar-refractivity contribution is 0.129. The summed E-state index contributed by atoms with van der Waals surface area (Å²) < 4.78 is 0. The normalized spacial score (nSPS) is 21.9. The van der Waals surface area contributed by atoms with E-state index < -0.39 is 0 Å². The predicted molar refractivity (Wildman–Crippen MR) is 70.8 cm³/mol. The molecule has 0 saturated carbocycles. The molecule has 0 amide bonds. The molecule has 1 atom stereocenters. The van der Waals surface area contributed by atoms with Gasteiger partial charge in [-0.1, -0.05) is 13.8 Å². The average molecular weight is 227 g/mol. The fourth-order valence-corrected chi connectivity index (χ4v) is 2.53. The first-order valence-electron chi connectivity index (χ1n) is 6.60. The van der Waals surface area contributed by atoms with Crippen molar-refractivity contribution in [3.05, 3.63) is 0 Å². The molecule has 0 radical (unpaired) electrons. The lowest BCUT2D eigenvalue weighted by atomic mass is 10.0. The van der Waals surface area contributed by atoms with Gasteiger partial charge in [0.1, 0.15) is 0 Å². The van der Waals surface area contributed by atoms with E-state index in [-0.39, 0.29) is 0 Å². The fourth-order valence-electron chi connectivity index (χ4n) is 2.53. The van der Waals surface area contributed by atoms with Crippen LogP contribution in [-0.2, 0) is 0 Å². The van der Waals surface area contributed by atoms with Crippen molar-refractivity contribution in [2.75, 3.05) is 40.8 Å². The van der Waals surface area contributed by atoms with Gasteiger partial charge in [0.15, 0.2) is 0 Å². The van der Waals surface area contributed by atoms with Crippen molar-refractivity contribution in [1.82, 2.24) is 15.1 Å². The third-order valence-corrected chi connectivity index (χ3v) is 3.97. The zero-order valence-corrected chi connectivity index (χ0v) is 11.7. The van der Waals surface area contributed by atoms with Gasteiger partial charge in [0.25, 0.3) is 0 Å². The second-order valence-corrected chi connectivity index (χ2v) is 5.61. The Hall–Kier alpha value is -0.120. The zero-order valence-electron chi connectivity index (χ0n) is 11.7. The van der Waals surface area contributed by atoms with Crippen LogP contribution >= 0.6 is 0 Å². The smallest absolute Gasteiger partial charge is 0.0214 e. The minimum Gasteiger partial charge on any atom is -0.315 e. The number of nitrogens with zero attached hydrogens (tertiary/aromatic N) is 2. The Balaban J connectivity index is 2.36. The molecule has 0 aromatic carbocycles. The van der Waals surface area contributed by atoms with Crippen LogP contribution in [0.25, 0.3) is 0 Å². The van der Waals surface area contributed by atoms with Crippen LogP contribution in [0.1, 0.15) is 26.7 Å². The standard InChI is InChI=1S/C13H29N3/c1-11(2)13(14-3)10-16(5)12-6-8-15(4)9-7-12/h11-14H,6-10H2,1-5H3/t13-/m0/s1. The van der Waals surface area contributed by atoms with Crippen molar-refractivity contribution < 1.29 is 0 Å². The lowest BCUT2D eigenvalue weighted by Gasteiger charge is -2.37. The van der Waals surface area contributed by atoms with Gasteiger partial charge < -0.3 is 15.1 Å². The molecule has 1 fully saturated rings. The van der Waals surface area contributed by atoms with Gasteiger partial charge in [-0.25, -0.2) is 0 Å². The molecule has 0 unspecified atom stereocenters. The van der Waals surface area contributed by atoms with E-state index in [1.807, 2.05) is 0 Å². The Morgan fingerprint density at radius 3 is 2.31 bits per heavy atom. The average Bonchev–Trinajstić information content (AvgIpc) is 2.26. The summed E-state index contributed by atoms with van der Waals surface area (Å²) in [7, 11) is 6.58. The zero-order chi connectivity index (χ0) is 12.1. The molecule has 1 heterocycles. The Labute approximate surface area is 101 Å². The lowest BCUT2D eigenvalue weighted by Crippen LogP contribution is -2.48. The fraction of sp³-hybridized carbons (Fsp3) is 1.00. The molecule has 1 rings (SSSR count). The highest BCUT2D eigenvalue weighted by Gasteiger charge is 2.23. The van der Waals surface area contributed by atoms with E-state index in [2.05, 4.69) is 50.1 Å². The molecule has 3 heteroatoms. The molecule has 96 valence electrons. The van der Waals surface area contributed by atoms with Gasteiger partial charge in [-0.05, 0) is 53.0 Å². The van der Waals surface area contributed by atoms with Crippen molar-refractivity contribution in [3.63, 3.8) is 0 Å². The minimum absolute atomic E-state index is 0.615. The van der Waals surface area contributed by atoms with E-state index in [0.717, 1.165) is 6.04 Å². The Morgan fingerprint density at radius 1 is 1.31 bits per heavy atom. The maximum Gasteiger partial charge on any atom is 0.0214 e. The van der Waals surface area contributed by atoms with Crippen molar-refractivity contribution in [2.24, 2.45) is 5.92 Å². The number of likely N-dealkylation sites (N-methyl/N-ethyl adjacent to an activating group) is 2. The highest BCUT2D eigenvalue weighted by molar-refractivity contribution is 4.80. The van der Waals surface area contributed by atoms with Gasteiger partial charge in [-0.15, -0.1) is 0 Å². The second-order valence-electron chi connectivity index (χ2n) is 5.61. The van der Waals surface area contributed by atoms with Gasteiger partial charge in [-0.3, -0.25) is 0 Å². The number of piperidine rings is 1. The SMILES string of the molecule is CN[C@@H](CN(C)C1CCN(C)CC1)C(C)C. The molecule has 0 aromatic rings. The summed E-state index contributed by atoms with van der Waals surface area (Å²) in [4.78, 5) is 4.98. The Morgan fingerprint density at radius 2 is 1.88 bits per heavy atom. The summed E-state index contributed by atoms with van der Waals surface area (Å²) in [5, 5.41) is 3.43. The van der Waals surface area contributed by atoms with Gasteiger partial charge in [0.2, 0.25) is 0 Å². The summed E-state index contributed by atoms with van der Waals surface area (Å²) in [6.45, 7) is 8.26. The van der Waals surface area contributed by atoms with Gasteiger partial charge in [0.05, 0.1) is 0 Å². The van der Waals surface area contributed by atoms with E-state index in [1.54, 1.807) is 0 Å². The van der Waals surface area contributed by atoms with Gasteiger partial charge >= 0.3 is 0 Å². The molecule has 1 N–H and O–H groups in total. The van der Waals surface area contributed by atoms with Crippen LogP contribution in [0.15, 0.2) is 0 Å². The molecule has 3 nitrogen and oxygen atoms in total. The first kappa shape index (κ1) is 13.9. The molecule has 0 aromatic heterocycles. The van der Waals surface area contributed by atoms with Crippen molar-refractivity contribution in [3.8, 4) is 0 Å². The van der Waals surface area contributed by atoms with Gasteiger partial charge in [0, 0.05) is 18.6 Å². The molecule has 0 aliphatic carbocycles. The number of rotatable bonds is 5. The van der Waals surface area contributed by atoms with Crippen molar-refractivity contribution in [2.45, 2.75) is 38.8 Å². The first-order valence-corrected chi connectivity index (χ1v) is 6.60. The Bertz CT molecular complexity index is 186. The summed E-state index contributed by atoms with van der Waals surface area (Å²) in [5.74, 6) is 0.707. The summed E-state index contributed by atoms with van der Waals surface area (Å²) >= 11 is 0. The molecule has 16 heavy (non-hydrogen) atoms. The molecule has 0 spiro atoms. The number of hydrogen-bond donors (Lipinski definition) is 1. The Kier molecular flexibility index (Phi) is 5.73. The largest absolute Gasteiger partial charge is 0.315 e. The summed E-state index contributed by atoms with van der Waals surface area (Å²) in [6, 6.07) is 1.40. The van der Waals surface area contributed by atoms with Crippen LogP contribution in [-0.4, -0.2) is 62.7 Å². The molecule has 1 saturated heterocycles. The van der Waals surface area contributed by atoms with E-state index >= 15 is 0 Å². The van der Waals surface area contributed by atoms with Crippen LogP contribution in [0.4, 0.5) is 0 Å². The van der Waals surface area contributed by atoms with Crippen molar-refractivity contribution >= 4 is 0 Å². The molecule has 0 bridgehead atoms. The van der Waals surface area contributed by atoms with Crippen LogP contribution in [0, 0.1) is 5.92 Å². The van der Waals surface area contributed by atoms with Crippen LogP contribution in [0.5, 0.6) is 0 Å². The van der Waals surface area contributed by atoms with Gasteiger partial charge in [-0.2, -0.15) is 0 Å². The van der Waals surface area contributed by atoms with Crippen LogP contribution in [0.2, 0.25) is 0 Å². The highest BCUT2D eigenvalue weighted by atomic mass is 15.2. The molecule has 1 aliphatic rings. The number of nitrogens with one attached hydrogen (secondary N) is 1. The predicted octanol–water partition coefficient (Wildman–Crippen LogP) is 1.26. The maximum atomic E-state index is 3.43. The monoisotopic (exact) mass is 227 g/mol. The third kappa shape index (κ3) is 4.04. The quantitative estimate of drug-likeness (QED) is 0.763. The third-order valence-electron chi connectivity index (χ3n) is 3.97. The maximum absolute atomic E-state index is 3.43. The summed E-state index contributed by atoms with van der Waals surface area (Å²) in [5.41, 5.74) is 0. The van der Waals surface area contributed by atoms with E-state index in [1.165, 1.54) is 32.5 Å². The first-order chi connectivity index (χ1) is 7.54. The van der Waals surface area contributed by atoms with E-state index in [0.29, 0.717) is 12.0 Å². The minimum atomic E-state index is 0.615. The highest BCUT2D eigenvalue weighted by Crippen LogP contribution is 2.15. The number of likely N-dealkylation sites (tertiary alicyclic amines) is 1. The topological polar surface area (TPSA) is 18.5 Å². The summed E-state index contributed by atoms with van der Waals surface area (Å²) in [6.07, 6.45) is 2.64. The molecular formula is C13H29N3. The van der Waals surface area contributed by atoms with E-state index in [4.69, 9.17) is 0 Å².